The minimum atomic E-state index is -0.988. The Balaban J connectivity index is 2.58. The standard InChI is InChI=1S/C9H7N3O2/c13-9(14)7-2-4-10-6-8(7)12-5-1-3-11-12/h1-6H,(H,13,14). The molecule has 0 atom stereocenters. The molecule has 0 unspecified atom stereocenters. The van der Waals surface area contributed by atoms with E-state index in [2.05, 4.69) is 10.1 Å². The van der Waals surface area contributed by atoms with E-state index in [9.17, 15) is 4.79 Å². The van der Waals surface area contributed by atoms with Crippen LogP contribution in [0, 0.1) is 0 Å². The second-order valence-electron chi connectivity index (χ2n) is 2.65. The molecular formula is C9H7N3O2. The van der Waals surface area contributed by atoms with Gasteiger partial charge < -0.3 is 5.11 Å². The van der Waals surface area contributed by atoms with E-state index in [-0.39, 0.29) is 5.56 Å². The first-order valence-corrected chi connectivity index (χ1v) is 3.96. The van der Waals surface area contributed by atoms with Crippen molar-refractivity contribution in [3.8, 4) is 5.69 Å². The van der Waals surface area contributed by atoms with Gasteiger partial charge in [0.2, 0.25) is 0 Å². The minimum Gasteiger partial charge on any atom is -0.478 e. The van der Waals surface area contributed by atoms with Crippen molar-refractivity contribution in [2.45, 2.75) is 0 Å². The number of hydrogen-bond donors (Lipinski definition) is 1. The van der Waals surface area contributed by atoms with Crippen LogP contribution in [0.4, 0.5) is 0 Å². The molecule has 0 radical (unpaired) electrons. The Bertz CT molecular complexity index is 451. The van der Waals surface area contributed by atoms with Gasteiger partial charge in [0.1, 0.15) is 0 Å². The summed E-state index contributed by atoms with van der Waals surface area (Å²) in [7, 11) is 0. The van der Waals surface area contributed by atoms with Crippen LogP contribution < -0.4 is 0 Å². The van der Waals surface area contributed by atoms with E-state index >= 15 is 0 Å². The molecule has 0 fully saturated rings. The Labute approximate surface area is 79.6 Å². The topological polar surface area (TPSA) is 68.0 Å². The molecular weight excluding hydrogens is 182 g/mol. The summed E-state index contributed by atoms with van der Waals surface area (Å²) in [6.45, 7) is 0. The molecule has 2 aromatic heterocycles. The van der Waals surface area contributed by atoms with Crippen LogP contribution in [0.2, 0.25) is 0 Å². The van der Waals surface area contributed by atoms with E-state index in [4.69, 9.17) is 5.11 Å². The third-order valence-electron chi connectivity index (χ3n) is 1.78. The molecule has 0 spiro atoms. The lowest BCUT2D eigenvalue weighted by molar-refractivity contribution is 0.0696. The predicted octanol–water partition coefficient (Wildman–Crippen LogP) is 0.965. The zero-order valence-electron chi connectivity index (χ0n) is 7.16. The molecule has 5 nitrogen and oxygen atoms in total. The zero-order chi connectivity index (χ0) is 9.97. The fourth-order valence-electron chi connectivity index (χ4n) is 1.16. The number of aromatic nitrogens is 3. The number of nitrogens with zero attached hydrogens (tertiary/aromatic N) is 3. The van der Waals surface area contributed by atoms with Gasteiger partial charge in [-0.25, -0.2) is 9.48 Å². The number of carboxylic acids is 1. The SMILES string of the molecule is O=C(O)c1ccncc1-n1cccn1. The average molecular weight is 189 g/mol. The molecule has 5 heteroatoms. The molecule has 0 amide bonds. The molecule has 14 heavy (non-hydrogen) atoms. The van der Waals surface area contributed by atoms with E-state index in [1.807, 2.05) is 0 Å². The molecule has 0 aliphatic rings. The normalized spacial score (nSPS) is 10.0. The van der Waals surface area contributed by atoms with Gasteiger partial charge in [-0.2, -0.15) is 5.10 Å². The highest BCUT2D eigenvalue weighted by atomic mass is 16.4. The lowest BCUT2D eigenvalue weighted by Crippen LogP contribution is -2.06. The molecule has 0 aromatic carbocycles. The van der Waals surface area contributed by atoms with Crippen molar-refractivity contribution >= 4 is 5.97 Å². The number of pyridine rings is 1. The van der Waals surface area contributed by atoms with Gasteiger partial charge in [0.05, 0.1) is 17.4 Å². The number of carboxylic acid groups (broad SMARTS) is 1. The van der Waals surface area contributed by atoms with Crippen molar-refractivity contribution in [1.29, 1.82) is 0 Å². The third-order valence-corrected chi connectivity index (χ3v) is 1.78. The highest BCUT2D eigenvalue weighted by Gasteiger charge is 2.10. The van der Waals surface area contributed by atoms with E-state index in [1.165, 1.54) is 23.1 Å². The summed E-state index contributed by atoms with van der Waals surface area (Å²) >= 11 is 0. The van der Waals surface area contributed by atoms with Gasteiger partial charge in [-0.15, -0.1) is 0 Å². The highest BCUT2D eigenvalue weighted by molar-refractivity contribution is 5.91. The smallest absolute Gasteiger partial charge is 0.338 e. The molecule has 2 heterocycles. The molecule has 0 aliphatic carbocycles. The van der Waals surface area contributed by atoms with Crippen LogP contribution >= 0.6 is 0 Å². The first-order chi connectivity index (χ1) is 6.79. The Morgan fingerprint density at radius 1 is 1.43 bits per heavy atom. The Morgan fingerprint density at radius 2 is 2.29 bits per heavy atom. The van der Waals surface area contributed by atoms with Gasteiger partial charge in [0.25, 0.3) is 0 Å². The highest BCUT2D eigenvalue weighted by Crippen LogP contribution is 2.11. The maximum Gasteiger partial charge on any atom is 0.338 e. The first kappa shape index (κ1) is 8.43. The van der Waals surface area contributed by atoms with Crippen LogP contribution in [0.1, 0.15) is 10.4 Å². The number of rotatable bonds is 2. The second-order valence-corrected chi connectivity index (χ2v) is 2.65. The van der Waals surface area contributed by atoms with Gasteiger partial charge in [-0.1, -0.05) is 0 Å². The largest absolute Gasteiger partial charge is 0.478 e. The molecule has 0 aliphatic heterocycles. The summed E-state index contributed by atoms with van der Waals surface area (Å²) < 4.78 is 1.47. The first-order valence-electron chi connectivity index (χ1n) is 3.96. The molecule has 0 saturated carbocycles. The lowest BCUT2D eigenvalue weighted by Gasteiger charge is -2.03. The Hall–Kier alpha value is -2.17. The van der Waals surface area contributed by atoms with Crippen LogP contribution in [0.5, 0.6) is 0 Å². The summed E-state index contributed by atoms with van der Waals surface area (Å²) in [6.07, 6.45) is 6.16. The average Bonchev–Trinajstić information content (AvgIpc) is 2.70. The summed E-state index contributed by atoms with van der Waals surface area (Å²) in [5.41, 5.74) is 0.647. The monoisotopic (exact) mass is 189 g/mol. The molecule has 2 aromatic rings. The summed E-state index contributed by atoms with van der Waals surface area (Å²) in [5.74, 6) is -0.988. The quantitative estimate of drug-likeness (QED) is 0.764. The van der Waals surface area contributed by atoms with Crippen molar-refractivity contribution in [3.63, 3.8) is 0 Å². The number of hydrogen-bond acceptors (Lipinski definition) is 3. The lowest BCUT2D eigenvalue weighted by atomic mass is 10.2. The van der Waals surface area contributed by atoms with Crippen LogP contribution in [-0.2, 0) is 0 Å². The van der Waals surface area contributed by atoms with Crippen LogP contribution in [0.3, 0.4) is 0 Å². The van der Waals surface area contributed by atoms with Crippen LogP contribution in [0.15, 0.2) is 36.9 Å². The van der Waals surface area contributed by atoms with Gasteiger partial charge in [0, 0.05) is 18.6 Å². The summed E-state index contributed by atoms with van der Waals surface area (Å²) in [4.78, 5) is 14.7. The summed E-state index contributed by atoms with van der Waals surface area (Å²) in [6, 6.07) is 3.16. The van der Waals surface area contributed by atoms with E-state index in [0.29, 0.717) is 5.69 Å². The maximum absolute atomic E-state index is 10.8. The fourth-order valence-corrected chi connectivity index (χ4v) is 1.16. The predicted molar refractivity (Wildman–Crippen MR) is 48.3 cm³/mol. The summed E-state index contributed by atoms with van der Waals surface area (Å²) in [5, 5.41) is 12.8. The van der Waals surface area contributed by atoms with Crippen molar-refractivity contribution in [1.82, 2.24) is 14.8 Å². The zero-order valence-corrected chi connectivity index (χ0v) is 7.16. The fraction of sp³-hybridized carbons (Fsp3) is 0. The Kier molecular flexibility index (Phi) is 1.98. The minimum absolute atomic E-state index is 0.184. The van der Waals surface area contributed by atoms with Gasteiger partial charge >= 0.3 is 5.97 Å². The Morgan fingerprint density at radius 3 is 2.93 bits per heavy atom. The molecule has 1 N–H and O–H groups in total. The van der Waals surface area contributed by atoms with Crippen molar-refractivity contribution in [2.75, 3.05) is 0 Å². The molecule has 0 saturated heterocycles. The van der Waals surface area contributed by atoms with Gasteiger partial charge in [-0.05, 0) is 12.1 Å². The molecule has 0 bridgehead atoms. The van der Waals surface area contributed by atoms with E-state index < -0.39 is 5.97 Å². The number of carbonyl (C=O) groups is 1. The molecule has 70 valence electrons. The van der Waals surface area contributed by atoms with Gasteiger partial charge in [0.15, 0.2) is 0 Å². The molecule has 2 rings (SSSR count). The number of aromatic carboxylic acids is 1. The van der Waals surface area contributed by atoms with Gasteiger partial charge in [-0.3, -0.25) is 4.98 Å². The maximum atomic E-state index is 10.8. The van der Waals surface area contributed by atoms with Crippen molar-refractivity contribution in [3.05, 3.63) is 42.5 Å². The van der Waals surface area contributed by atoms with Crippen molar-refractivity contribution in [2.24, 2.45) is 0 Å². The van der Waals surface area contributed by atoms with Crippen LogP contribution in [-0.4, -0.2) is 25.8 Å². The second kappa shape index (κ2) is 3.29. The van der Waals surface area contributed by atoms with Crippen molar-refractivity contribution < 1.29 is 9.90 Å². The van der Waals surface area contributed by atoms with E-state index in [1.54, 1.807) is 18.5 Å². The van der Waals surface area contributed by atoms with Crippen LogP contribution in [0.25, 0.3) is 5.69 Å². The third kappa shape index (κ3) is 1.35. The van der Waals surface area contributed by atoms with E-state index in [0.717, 1.165) is 0 Å².